The summed E-state index contributed by atoms with van der Waals surface area (Å²) in [5, 5.41) is 2.79. The zero-order chi connectivity index (χ0) is 19.6. The number of methoxy groups -OCH3 is 1. The van der Waals surface area contributed by atoms with Gasteiger partial charge >= 0.3 is 0 Å². The molecular formula is C19H24F2N2O4. The number of rotatable bonds is 5. The highest BCUT2D eigenvalue weighted by atomic mass is 19.3. The summed E-state index contributed by atoms with van der Waals surface area (Å²) in [5.41, 5.74) is 0.475. The predicted octanol–water partition coefficient (Wildman–Crippen LogP) is 3.21. The van der Waals surface area contributed by atoms with E-state index in [0.717, 1.165) is 0 Å². The lowest BCUT2D eigenvalue weighted by atomic mass is 9.94. The fourth-order valence-corrected chi connectivity index (χ4v) is 3.49. The van der Waals surface area contributed by atoms with Gasteiger partial charge in [-0.2, -0.15) is 0 Å². The second-order valence-corrected chi connectivity index (χ2v) is 7.12. The fraction of sp³-hybridized carbons (Fsp3) is 0.579. The van der Waals surface area contributed by atoms with E-state index in [1.54, 1.807) is 25.2 Å². The number of hydrogen-bond donors (Lipinski definition) is 1. The topological polar surface area (TPSA) is 67.9 Å². The summed E-state index contributed by atoms with van der Waals surface area (Å²) < 4.78 is 37.7. The zero-order valence-electron chi connectivity index (χ0n) is 15.5. The Kier molecular flexibility index (Phi) is 5.53. The molecule has 2 fully saturated rings. The summed E-state index contributed by atoms with van der Waals surface area (Å²) in [4.78, 5) is 25.5. The van der Waals surface area contributed by atoms with E-state index >= 15 is 0 Å². The van der Waals surface area contributed by atoms with E-state index in [0.29, 0.717) is 30.0 Å². The molecule has 1 heterocycles. The minimum Gasteiger partial charge on any atom is -0.497 e. The van der Waals surface area contributed by atoms with Crippen molar-refractivity contribution in [3.8, 4) is 11.5 Å². The van der Waals surface area contributed by atoms with Crippen LogP contribution in [0.3, 0.4) is 0 Å². The SMILES string of the molecule is COc1cc(NC(=O)C2CCC(=O)N2C)cc(OC2CCC(F)(F)CC2)c1. The lowest BCUT2D eigenvalue weighted by molar-refractivity contribution is -0.131. The van der Waals surface area contributed by atoms with Gasteiger partial charge in [-0.15, -0.1) is 0 Å². The van der Waals surface area contributed by atoms with Crippen LogP contribution in [-0.2, 0) is 9.59 Å². The summed E-state index contributed by atoms with van der Waals surface area (Å²) in [6, 6.07) is 4.45. The molecule has 1 aliphatic heterocycles. The molecule has 0 radical (unpaired) electrons. The van der Waals surface area contributed by atoms with Gasteiger partial charge in [0, 0.05) is 50.2 Å². The summed E-state index contributed by atoms with van der Waals surface area (Å²) in [6.45, 7) is 0. The summed E-state index contributed by atoms with van der Waals surface area (Å²) in [5.74, 6) is -2.01. The van der Waals surface area contributed by atoms with Gasteiger partial charge in [-0.05, 0) is 19.3 Å². The number of carbonyl (C=O) groups excluding carboxylic acids is 2. The van der Waals surface area contributed by atoms with Crippen LogP contribution in [0.4, 0.5) is 14.5 Å². The molecule has 27 heavy (non-hydrogen) atoms. The number of ether oxygens (including phenoxy) is 2. The van der Waals surface area contributed by atoms with Gasteiger partial charge in [0.1, 0.15) is 17.5 Å². The Labute approximate surface area is 156 Å². The van der Waals surface area contributed by atoms with Crippen molar-refractivity contribution in [3.05, 3.63) is 18.2 Å². The minimum absolute atomic E-state index is 0.0566. The molecule has 1 saturated heterocycles. The third-order valence-electron chi connectivity index (χ3n) is 5.15. The number of nitrogens with one attached hydrogen (secondary N) is 1. The molecule has 0 spiro atoms. The Balaban J connectivity index is 1.68. The Hall–Kier alpha value is -2.38. The van der Waals surface area contributed by atoms with Crippen molar-refractivity contribution in [2.24, 2.45) is 0 Å². The number of carbonyl (C=O) groups is 2. The average Bonchev–Trinajstić information content (AvgIpc) is 2.96. The lowest BCUT2D eigenvalue weighted by Crippen LogP contribution is -2.38. The third kappa shape index (κ3) is 4.67. The molecule has 1 aromatic rings. The molecule has 148 valence electrons. The van der Waals surface area contributed by atoms with Gasteiger partial charge in [-0.3, -0.25) is 9.59 Å². The Bertz CT molecular complexity index is 716. The molecule has 1 saturated carbocycles. The maximum absolute atomic E-state index is 13.3. The first-order valence-electron chi connectivity index (χ1n) is 9.07. The molecule has 1 aliphatic carbocycles. The van der Waals surface area contributed by atoms with Crippen molar-refractivity contribution in [2.45, 2.75) is 56.6 Å². The van der Waals surface area contributed by atoms with Crippen LogP contribution in [0.15, 0.2) is 18.2 Å². The maximum atomic E-state index is 13.3. The van der Waals surface area contributed by atoms with Crippen LogP contribution in [0, 0.1) is 0 Å². The van der Waals surface area contributed by atoms with Crippen molar-refractivity contribution in [3.63, 3.8) is 0 Å². The largest absolute Gasteiger partial charge is 0.497 e. The van der Waals surface area contributed by atoms with Gasteiger partial charge in [0.25, 0.3) is 0 Å². The second kappa shape index (κ2) is 7.70. The predicted molar refractivity (Wildman–Crippen MR) is 95.2 cm³/mol. The van der Waals surface area contributed by atoms with Crippen LogP contribution in [-0.4, -0.2) is 48.9 Å². The van der Waals surface area contributed by atoms with E-state index in [1.807, 2.05) is 0 Å². The van der Waals surface area contributed by atoms with E-state index in [1.165, 1.54) is 12.0 Å². The lowest BCUT2D eigenvalue weighted by Gasteiger charge is -2.29. The fourth-order valence-electron chi connectivity index (χ4n) is 3.49. The van der Waals surface area contributed by atoms with Gasteiger partial charge in [0.05, 0.1) is 13.2 Å². The Morgan fingerprint density at radius 1 is 1.19 bits per heavy atom. The molecule has 1 unspecified atom stereocenters. The molecule has 2 aliphatic rings. The number of anilines is 1. The van der Waals surface area contributed by atoms with Gasteiger partial charge in [0.2, 0.25) is 17.7 Å². The van der Waals surface area contributed by atoms with Crippen molar-refractivity contribution in [1.29, 1.82) is 0 Å². The number of likely N-dealkylation sites (N-methyl/N-ethyl adjacent to an activating group) is 1. The molecule has 8 heteroatoms. The number of hydrogen-bond acceptors (Lipinski definition) is 4. The maximum Gasteiger partial charge on any atom is 0.248 e. The quantitative estimate of drug-likeness (QED) is 0.849. The average molecular weight is 382 g/mol. The van der Waals surface area contributed by atoms with Crippen LogP contribution in [0.25, 0.3) is 0 Å². The highest BCUT2D eigenvalue weighted by molar-refractivity contribution is 5.99. The monoisotopic (exact) mass is 382 g/mol. The summed E-state index contributed by atoms with van der Waals surface area (Å²) in [6.07, 6.45) is 0.722. The van der Waals surface area contributed by atoms with Crippen LogP contribution < -0.4 is 14.8 Å². The number of halogens is 2. The van der Waals surface area contributed by atoms with E-state index < -0.39 is 12.0 Å². The molecule has 2 amide bonds. The summed E-state index contributed by atoms with van der Waals surface area (Å²) >= 11 is 0. The number of likely N-dealkylation sites (tertiary alicyclic amines) is 1. The number of nitrogens with zero attached hydrogens (tertiary/aromatic N) is 1. The van der Waals surface area contributed by atoms with Crippen LogP contribution in [0.2, 0.25) is 0 Å². The molecule has 6 nitrogen and oxygen atoms in total. The number of alkyl halides is 2. The first kappa shape index (κ1) is 19.4. The highest BCUT2D eigenvalue weighted by Crippen LogP contribution is 2.36. The number of amides is 2. The molecular weight excluding hydrogens is 358 g/mol. The van der Waals surface area contributed by atoms with E-state index in [-0.39, 0.29) is 43.6 Å². The Morgan fingerprint density at radius 2 is 1.85 bits per heavy atom. The molecule has 1 aromatic carbocycles. The van der Waals surface area contributed by atoms with Crippen molar-refractivity contribution in [1.82, 2.24) is 4.90 Å². The van der Waals surface area contributed by atoms with E-state index in [9.17, 15) is 18.4 Å². The van der Waals surface area contributed by atoms with Gasteiger partial charge < -0.3 is 19.7 Å². The normalized spacial score (nSPS) is 22.6. The summed E-state index contributed by atoms with van der Waals surface area (Å²) in [7, 11) is 3.11. The van der Waals surface area contributed by atoms with Crippen LogP contribution in [0.5, 0.6) is 11.5 Å². The molecule has 1 N–H and O–H groups in total. The third-order valence-corrected chi connectivity index (χ3v) is 5.15. The number of benzene rings is 1. The molecule has 3 rings (SSSR count). The van der Waals surface area contributed by atoms with E-state index in [4.69, 9.17) is 9.47 Å². The van der Waals surface area contributed by atoms with Crippen molar-refractivity contribution < 1.29 is 27.8 Å². The first-order valence-corrected chi connectivity index (χ1v) is 9.07. The standard InChI is InChI=1S/C19H24F2N2O4/c1-23-16(3-4-17(23)24)18(25)22-12-9-14(26-2)11-15(10-12)27-13-5-7-19(20,21)8-6-13/h9-11,13,16H,3-8H2,1-2H3,(H,22,25). The van der Waals surface area contributed by atoms with Crippen molar-refractivity contribution in [2.75, 3.05) is 19.5 Å². The second-order valence-electron chi connectivity index (χ2n) is 7.12. The Morgan fingerprint density at radius 3 is 2.44 bits per heavy atom. The highest BCUT2D eigenvalue weighted by Gasteiger charge is 2.36. The van der Waals surface area contributed by atoms with E-state index in [2.05, 4.69) is 5.32 Å². The molecule has 1 atom stereocenters. The minimum atomic E-state index is -2.61. The van der Waals surface area contributed by atoms with Crippen LogP contribution in [0.1, 0.15) is 38.5 Å². The molecule has 0 aromatic heterocycles. The van der Waals surface area contributed by atoms with Gasteiger partial charge in [-0.1, -0.05) is 0 Å². The van der Waals surface area contributed by atoms with Crippen LogP contribution >= 0.6 is 0 Å². The first-order chi connectivity index (χ1) is 12.8. The van der Waals surface area contributed by atoms with Crippen molar-refractivity contribution >= 4 is 17.5 Å². The van der Waals surface area contributed by atoms with Gasteiger partial charge in [-0.25, -0.2) is 8.78 Å². The molecule has 0 bridgehead atoms. The zero-order valence-corrected chi connectivity index (χ0v) is 15.5. The van der Waals surface area contributed by atoms with Gasteiger partial charge in [0.15, 0.2) is 0 Å². The smallest absolute Gasteiger partial charge is 0.248 e.